The zero-order valence-electron chi connectivity index (χ0n) is 12.4. The summed E-state index contributed by atoms with van der Waals surface area (Å²) in [6.07, 6.45) is 3.70. The first-order chi connectivity index (χ1) is 9.52. The maximum atomic E-state index is 12.0. The molecule has 0 aliphatic carbocycles. The third kappa shape index (κ3) is 6.23. The molecule has 0 aromatic heterocycles. The quantitative estimate of drug-likeness (QED) is 0.748. The fraction of sp³-hybridized carbons (Fsp3) is 0.857. The zero-order chi connectivity index (χ0) is 15.0. The van der Waals surface area contributed by atoms with Crippen LogP contribution < -0.4 is 5.32 Å². The van der Waals surface area contributed by atoms with Gasteiger partial charge < -0.3 is 20.1 Å². The molecule has 2 amide bonds. The molecule has 0 aromatic carbocycles. The van der Waals surface area contributed by atoms with Crippen LogP contribution in [0.1, 0.15) is 46.0 Å². The second kappa shape index (κ2) is 8.79. The number of nitrogens with zero attached hydrogens (tertiary/aromatic N) is 1. The summed E-state index contributed by atoms with van der Waals surface area (Å²) in [5.41, 5.74) is 0. The van der Waals surface area contributed by atoms with Gasteiger partial charge in [0.05, 0.1) is 19.1 Å². The predicted molar refractivity (Wildman–Crippen MR) is 75.7 cm³/mol. The van der Waals surface area contributed by atoms with Crippen LogP contribution in [0.2, 0.25) is 0 Å². The molecule has 6 heteroatoms. The number of likely N-dealkylation sites (tertiary alicyclic amines) is 1. The minimum absolute atomic E-state index is 0.00469. The molecule has 1 aliphatic rings. The van der Waals surface area contributed by atoms with Crippen molar-refractivity contribution in [2.24, 2.45) is 0 Å². The van der Waals surface area contributed by atoms with Gasteiger partial charge in [-0.15, -0.1) is 0 Å². The number of amides is 2. The number of carboxylic acids is 1. The van der Waals surface area contributed by atoms with Crippen molar-refractivity contribution in [2.45, 2.75) is 58.1 Å². The molecule has 1 saturated heterocycles. The predicted octanol–water partition coefficient (Wildman–Crippen LogP) is 1.84. The number of piperidine rings is 1. The van der Waals surface area contributed by atoms with Crippen LogP contribution in [0.25, 0.3) is 0 Å². The van der Waals surface area contributed by atoms with E-state index in [0.29, 0.717) is 13.1 Å². The van der Waals surface area contributed by atoms with Crippen LogP contribution >= 0.6 is 0 Å². The van der Waals surface area contributed by atoms with Gasteiger partial charge in [-0.05, 0) is 26.2 Å². The van der Waals surface area contributed by atoms with E-state index in [1.54, 1.807) is 0 Å². The van der Waals surface area contributed by atoms with E-state index in [4.69, 9.17) is 9.84 Å². The van der Waals surface area contributed by atoms with Crippen molar-refractivity contribution in [1.29, 1.82) is 0 Å². The minimum Gasteiger partial charge on any atom is -0.481 e. The largest absolute Gasteiger partial charge is 0.481 e. The van der Waals surface area contributed by atoms with E-state index in [1.165, 1.54) is 0 Å². The lowest BCUT2D eigenvalue weighted by atomic mass is 10.1. The lowest BCUT2D eigenvalue weighted by Crippen LogP contribution is -2.48. The molecule has 116 valence electrons. The van der Waals surface area contributed by atoms with Gasteiger partial charge in [0.25, 0.3) is 0 Å². The Kier molecular flexibility index (Phi) is 7.36. The van der Waals surface area contributed by atoms with Crippen molar-refractivity contribution in [3.8, 4) is 0 Å². The Morgan fingerprint density at radius 2 is 2.05 bits per heavy atom. The van der Waals surface area contributed by atoms with Crippen molar-refractivity contribution >= 4 is 12.0 Å². The summed E-state index contributed by atoms with van der Waals surface area (Å²) in [6.45, 7) is 5.70. The first kappa shape index (κ1) is 16.8. The number of aliphatic carboxylic acids is 1. The van der Waals surface area contributed by atoms with Crippen LogP contribution in [0.4, 0.5) is 4.79 Å². The molecule has 1 aliphatic heterocycles. The van der Waals surface area contributed by atoms with Crippen molar-refractivity contribution < 1.29 is 19.4 Å². The Labute approximate surface area is 120 Å². The molecule has 1 atom stereocenters. The molecule has 0 bridgehead atoms. The summed E-state index contributed by atoms with van der Waals surface area (Å²) >= 11 is 0. The number of ether oxygens (including phenoxy) is 1. The molecule has 1 unspecified atom stereocenters. The molecular formula is C14H26N2O4. The highest BCUT2D eigenvalue weighted by molar-refractivity contribution is 5.74. The van der Waals surface area contributed by atoms with Gasteiger partial charge in [-0.1, -0.05) is 13.3 Å². The molecule has 0 radical (unpaired) electrons. The molecule has 0 spiro atoms. The van der Waals surface area contributed by atoms with Gasteiger partial charge in [-0.2, -0.15) is 0 Å². The number of rotatable bonds is 7. The fourth-order valence-corrected chi connectivity index (χ4v) is 2.35. The van der Waals surface area contributed by atoms with Gasteiger partial charge in [0.2, 0.25) is 0 Å². The fourth-order valence-electron chi connectivity index (χ4n) is 2.35. The number of carboxylic acid groups (broad SMARTS) is 1. The van der Waals surface area contributed by atoms with Crippen LogP contribution in [0.15, 0.2) is 0 Å². The summed E-state index contributed by atoms with van der Waals surface area (Å²) in [5.74, 6) is -0.841. The highest BCUT2D eigenvalue weighted by Crippen LogP contribution is 2.14. The number of carbonyl (C=O) groups is 2. The maximum absolute atomic E-state index is 12.0. The SMILES string of the molecule is CCCC(C)NC(=O)N1CCC(OCCC(=O)O)CC1. The van der Waals surface area contributed by atoms with Crippen LogP contribution in [0, 0.1) is 0 Å². The van der Waals surface area contributed by atoms with Crippen molar-refractivity contribution in [2.75, 3.05) is 19.7 Å². The van der Waals surface area contributed by atoms with Gasteiger partial charge in [0.15, 0.2) is 0 Å². The zero-order valence-corrected chi connectivity index (χ0v) is 12.4. The van der Waals surface area contributed by atoms with Gasteiger partial charge in [-0.3, -0.25) is 4.79 Å². The molecule has 1 fully saturated rings. The second-order valence-corrected chi connectivity index (χ2v) is 5.34. The maximum Gasteiger partial charge on any atom is 0.317 e. The van der Waals surface area contributed by atoms with E-state index >= 15 is 0 Å². The van der Waals surface area contributed by atoms with Gasteiger partial charge in [0.1, 0.15) is 0 Å². The van der Waals surface area contributed by atoms with E-state index in [-0.39, 0.29) is 31.2 Å². The van der Waals surface area contributed by atoms with E-state index in [1.807, 2.05) is 11.8 Å². The van der Waals surface area contributed by atoms with Crippen molar-refractivity contribution in [1.82, 2.24) is 10.2 Å². The third-order valence-electron chi connectivity index (χ3n) is 3.49. The lowest BCUT2D eigenvalue weighted by Gasteiger charge is -2.32. The smallest absolute Gasteiger partial charge is 0.317 e. The van der Waals surface area contributed by atoms with Gasteiger partial charge in [0, 0.05) is 19.1 Å². The number of nitrogens with one attached hydrogen (secondary N) is 1. The normalized spacial score (nSPS) is 17.8. The van der Waals surface area contributed by atoms with Crippen LogP contribution in [-0.2, 0) is 9.53 Å². The van der Waals surface area contributed by atoms with E-state index in [0.717, 1.165) is 25.7 Å². The third-order valence-corrected chi connectivity index (χ3v) is 3.49. The monoisotopic (exact) mass is 286 g/mol. The van der Waals surface area contributed by atoms with Crippen molar-refractivity contribution in [3.05, 3.63) is 0 Å². The molecule has 1 heterocycles. The Morgan fingerprint density at radius 3 is 2.60 bits per heavy atom. The average Bonchev–Trinajstić information content (AvgIpc) is 2.39. The molecule has 0 aromatic rings. The first-order valence-corrected chi connectivity index (χ1v) is 7.41. The topological polar surface area (TPSA) is 78.9 Å². The highest BCUT2D eigenvalue weighted by Gasteiger charge is 2.23. The summed E-state index contributed by atoms with van der Waals surface area (Å²) in [4.78, 5) is 24.2. The highest BCUT2D eigenvalue weighted by atomic mass is 16.5. The molecule has 20 heavy (non-hydrogen) atoms. The molecule has 1 rings (SSSR count). The van der Waals surface area contributed by atoms with Crippen LogP contribution in [0.5, 0.6) is 0 Å². The molecule has 6 nitrogen and oxygen atoms in total. The standard InChI is InChI=1S/C14H26N2O4/c1-3-4-11(2)15-14(19)16-8-5-12(6-9-16)20-10-7-13(17)18/h11-12H,3-10H2,1-2H3,(H,15,19)(H,17,18). The van der Waals surface area contributed by atoms with Crippen LogP contribution in [-0.4, -0.2) is 53.8 Å². The Morgan fingerprint density at radius 1 is 1.40 bits per heavy atom. The number of hydrogen-bond donors (Lipinski definition) is 2. The lowest BCUT2D eigenvalue weighted by molar-refractivity contribution is -0.138. The van der Waals surface area contributed by atoms with E-state index in [9.17, 15) is 9.59 Å². The summed E-state index contributed by atoms with van der Waals surface area (Å²) in [6, 6.07) is 0.201. The summed E-state index contributed by atoms with van der Waals surface area (Å²) in [7, 11) is 0. The molecule has 0 saturated carbocycles. The number of carbonyl (C=O) groups excluding carboxylic acids is 1. The van der Waals surface area contributed by atoms with Crippen LogP contribution in [0.3, 0.4) is 0 Å². The second-order valence-electron chi connectivity index (χ2n) is 5.34. The van der Waals surface area contributed by atoms with Crippen molar-refractivity contribution in [3.63, 3.8) is 0 Å². The number of urea groups is 1. The first-order valence-electron chi connectivity index (χ1n) is 7.41. The number of hydrogen-bond acceptors (Lipinski definition) is 3. The Balaban J connectivity index is 2.20. The van der Waals surface area contributed by atoms with Gasteiger partial charge >= 0.3 is 12.0 Å². The minimum atomic E-state index is -0.841. The van der Waals surface area contributed by atoms with E-state index in [2.05, 4.69) is 12.2 Å². The average molecular weight is 286 g/mol. The van der Waals surface area contributed by atoms with Gasteiger partial charge in [-0.25, -0.2) is 4.79 Å². The molecular weight excluding hydrogens is 260 g/mol. The van der Waals surface area contributed by atoms with E-state index < -0.39 is 5.97 Å². The Bertz CT molecular complexity index is 314. The summed E-state index contributed by atoms with van der Waals surface area (Å²) in [5, 5.41) is 11.5. The summed E-state index contributed by atoms with van der Waals surface area (Å²) < 4.78 is 5.50. The Hall–Kier alpha value is -1.30. The molecule has 2 N–H and O–H groups in total.